The Morgan fingerprint density at radius 2 is 2.00 bits per heavy atom. The molecule has 0 aliphatic heterocycles. The minimum absolute atomic E-state index is 0.716. The molecule has 2 aliphatic carbocycles. The Hall–Kier alpha value is -0.830. The van der Waals surface area contributed by atoms with Crippen LogP contribution in [0.3, 0.4) is 0 Å². The van der Waals surface area contributed by atoms with Crippen LogP contribution in [0, 0.1) is 5.41 Å². The highest BCUT2D eigenvalue weighted by molar-refractivity contribution is 4.94. The summed E-state index contributed by atoms with van der Waals surface area (Å²) in [6.45, 7) is 0.918. The van der Waals surface area contributed by atoms with Crippen LogP contribution >= 0.6 is 0 Å². The van der Waals surface area contributed by atoms with Crippen molar-refractivity contribution in [3.05, 3.63) is 18.2 Å². The molecule has 18 heavy (non-hydrogen) atoms. The normalized spacial score (nSPS) is 23.8. The first kappa shape index (κ1) is 12.2. The van der Waals surface area contributed by atoms with Crippen molar-refractivity contribution in [1.82, 2.24) is 14.9 Å². The smallest absolute Gasteiger partial charge is 0.122 e. The summed E-state index contributed by atoms with van der Waals surface area (Å²) >= 11 is 0. The van der Waals surface area contributed by atoms with Gasteiger partial charge in [-0.2, -0.15) is 0 Å². The second kappa shape index (κ2) is 5.04. The Labute approximate surface area is 110 Å². The summed E-state index contributed by atoms with van der Waals surface area (Å²) in [6.07, 6.45) is 15.5. The molecule has 2 fully saturated rings. The summed E-state index contributed by atoms with van der Waals surface area (Å²) in [6, 6.07) is 0.716. The Kier molecular flexibility index (Phi) is 3.42. The van der Waals surface area contributed by atoms with Crippen LogP contribution in [0.1, 0.15) is 57.2 Å². The summed E-state index contributed by atoms with van der Waals surface area (Å²) in [5.41, 5.74) is 0.751. The van der Waals surface area contributed by atoms with Crippen LogP contribution in [-0.2, 0) is 13.6 Å². The predicted molar refractivity (Wildman–Crippen MR) is 73.2 cm³/mol. The molecule has 3 rings (SSSR count). The summed E-state index contributed by atoms with van der Waals surface area (Å²) in [5.74, 6) is 1.15. The van der Waals surface area contributed by atoms with Gasteiger partial charge in [-0.05, 0) is 43.9 Å². The zero-order valence-electron chi connectivity index (χ0n) is 11.5. The van der Waals surface area contributed by atoms with Crippen molar-refractivity contribution < 1.29 is 0 Å². The Morgan fingerprint density at radius 1 is 1.28 bits per heavy atom. The van der Waals surface area contributed by atoms with Gasteiger partial charge in [-0.15, -0.1) is 0 Å². The van der Waals surface area contributed by atoms with E-state index in [2.05, 4.69) is 21.9 Å². The number of nitrogens with one attached hydrogen (secondary N) is 1. The third kappa shape index (κ3) is 2.46. The lowest BCUT2D eigenvalue weighted by Gasteiger charge is -2.37. The van der Waals surface area contributed by atoms with Gasteiger partial charge in [0.25, 0.3) is 0 Å². The average molecular weight is 247 g/mol. The molecule has 1 aromatic heterocycles. The molecular weight excluding hydrogens is 222 g/mol. The maximum absolute atomic E-state index is 4.37. The Bertz CT molecular complexity index is 380. The highest BCUT2D eigenvalue weighted by Crippen LogP contribution is 2.48. The van der Waals surface area contributed by atoms with Crippen LogP contribution in [-0.4, -0.2) is 15.6 Å². The van der Waals surface area contributed by atoms with Gasteiger partial charge in [0.1, 0.15) is 5.82 Å². The summed E-state index contributed by atoms with van der Waals surface area (Å²) in [5, 5.41) is 3.69. The quantitative estimate of drug-likeness (QED) is 0.890. The molecule has 0 saturated heterocycles. The van der Waals surface area contributed by atoms with E-state index in [0.29, 0.717) is 6.04 Å². The van der Waals surface area contributed by atoms with Crippen molar-refractivity contribution in [1.29, 1.82) is 0 Å². The van der Waals surface area contributed by atoms with E-state index in [0.717, 1.165) is 17.8 Å². The summed E-state index contributed by atoms with van der Waals surface area (Å²) in [7, 11) is 2.07. The van der Waals surface area contributed by atoms with Crippen LogP contribution in [0.4, 0.5) is 0 Å². The van der Waals surface area contributed by atoms with Gasteiger partial charge in [0.2, 0.25) is 0 Å². The van der Waals surface area contributed by atoms with Crippen molar-refractivity contribution in [2.24, 2.45) is 12.5 Å². The standard InChI is InChI=1S/C15H25N3/c1-18-11-10-16-14(18)12-17-13-4-8-15(9-5-13)6-2-3-7-15/h10-11,13,17H,2-9,12H2,1H3. The molecule has 1 aromatic rings. The Balaban J connectivity index is 1.47. The first-order valence-corrected chi connectivity index (χ1v) is 7.47. The highest BCUT2D eigenvalue weighted by atomic mass is 15.1. The van der Waals surface area contributed by atoms with E-state index in [1.54, 1.807) is 0 Å². The molecule has 0 unspecified atom stereocenters. The summed E-state index contributed by atoms with van der Waals surface area (Å²) in [4.78, 5) is 4.37. The fourth-order valence-electron chi connectivity index (χ4n) is 3.86. The average Bonchev–Trinajstić information content (AvgIpc) is 2.99. The monoisotopic (exact) mass is 247 g/mol. The number of hydrogen-bond donors (Lipinski definition) is 1. The second-order valence-electron chi connectivity index (χ2n) is 6.32. The van der Waals surface area contributed by atoms with Gasteiger partial charge in [0.05, 0.1) is 6.54 Å². The number of hydrogen-bond acceptors (Lipinski definition) is 2. The van der Waals surface area contributed by atoms with Gasteiger partial charge in [-0.25, -0.2) is 4.98 Å². The highest BCUT2D eigenvalue weighted by Gasteiger charge is 2.37. The SMILES string of the molecule is Cn1ccnc1CNC1CCC2(CCCC2)CC1. The molecule has 1 heterocycles. The fourth-order valence-corrected chi connectivity index (χ4v) is 3.86. The van der Waals surface area contributed by atoms with Crippen LogP contribution < -0.4 is 5.32 Å². The predicted octanol–water partition coefficient (Wildman–Crippen LogP) is 3.01. The van der Waals surface area contributed by atoms with E-state index in [9.17, 15) is 0 Å². The third-order valence-corrected chi connectivity index (χ3v) is 5.18. The molecule has 100 valence electrons. The maximum Gasteiger partial charge on any atom is 0.122 e. The zero-order valence-corrected chi connectivity index (χ0v) is 11.5. The van der Waals surface area contributed by atoms with E-state index >= 15 is 0 Å². The maximum atomic E-state index is 4.37. The molecule has 0 atom stereocenters. The number of aromatic nitrogens is 2. The summed E-state index contributed by atoms with van der Waals surface area (Å²) < 4.78 is 2.11. The van der Waals surface area contributed by atoms with Crippen LogP contribution in [0.25, 0.3) is 0 Å². The van der Waals surface area contributed by atoms with Crippen molar-refractivity contribution in [3.63, 3.8) is 0 Å². The topological polar surface area (TPSA) is 29.9 Å². The molecule has 1 N–H and O–H groups in total. The minimum atomic E-state index is 0.716. The van der Waals surface area contributed by atoms with Crippen LogP contribution in [0.5, 0.6) is 0 Å². The Morgan fingerprint density at radius 3 is 2.61 bits per heavy atom. The van der Waals surface area contributed by atoms with Gasteiger partial charge in [0.15, 0.2) is 0 Å². The molecule has 2 aliphatic rings. The largest absolute Gasteiger partial charge is 0.337 e. The van der Waals surface area contributed by atoms with Crippen molar-refractivity contribution in [3.8, 4) is 0 Å². The van der Waals surface area contributed by atoms with E-state index in [-0.39, 0.29) is 0 Å². The molecule has 0 bridgehead atoms. The number of imidazole rings is 1. The van der Waals surface area contributed by atoms with Crippen LogP contribution in [0.2, 0.25) is 0 Å². The zero-order chi connectivity index (χ0) is 12.4. The lowest BCUT2D eigenvalue weighted by molar-refractivity contribution is 0.167. The van der Waals surface area contributed by atoms with Gasteiger partial charge < -0.3 is 9.88 Å². The first-order valence-electron chi connectivity index (χ1n) is 7.47. The minimum Gasteiger partial charge on any atom is -0.337 e. The van der Waals surface area contributed by atoms with E-state index in [1.165, 1.54) is 51.4 Å². The number of nitrogens with zero attached hydrogens (tertiary/aromatic N) is 2. The molecule has 2 saturated carbocycles. The van der Waals surface area contributed by atoms with E-state index in [4.69, 9.17) is 0 Å². The van der Waals surface area contributed by atoms with E-state index < -0.39 is 0 Å². The number of aryl methyl sites for hydroxylation is 1. The van der Waals surface area contributed by atoms with Crippen molar-refractivity contribution in [2.45, 2.75) is 64.0 Å². The number of rotatable bonds is 3. The lowest BCUT2D eigenvalue weighted by Crippen LogP contribution is -2.36. The van der Waals surface area contributed by atoms with Gasteiger partial charge in [-0.3, -0.25) is 0 Å². The second-order valence-corrected chi connectivity index (χ2v) is 6.32. The molecule has 1 spiro atoms. The molecule has 0 radical (unpaired) electrons. The molecule has 3 heteroatoms. The van der Waals surface area contributed by atoms with Crippen molar-refractivity contribution >= 4 is 0 Å². The molecule has 0 amide bonds. The molecular formula is C15H25N3. The van der Waals surface area contributed by atoms with Crippen molar-refractivity contribution in [2.75, 3.05) is 0 Å². The van der Waals surface area contributed by atoms with Gasteiger partial charge in [-0.1, -0.05) is 12.8 Å². The molecule has 3 nitrogen and oxygen atoms in total. The van der Waals surface area contributed by atoms with Gasteiger partial charge >= 0.3 is 0 Å². The van der Waals surface area contributed by atoms with Crippen LogP contribution in [0.15, 0.2) is 12.4 Å². The lowest BCUT2D eigenvalue weighted by atomic mass is 9.71. The molecule has 0 aromatic carbocycles. The van der Waals surface area contributed by atoms with Gasteiger partial charge in [0, 0.05) is 25.5 Å². The van der Waals surface area contributed by atoms with E-state index in [1.807, 2.05) is 12.4 Å². The fraction of sp³-hybridized carbons (Fsp3) is 0.800. The third-order valence-electron chi connectivity index (χ3n) is 5.18. The first-order chi connectivity index (χ1) is 8.77.